The van der Waals surface area contributed by atoms with Gasteiger partial charge in [-0.15, -0.1) is 0 Å². The molecule has 0 aliphatic heterocycles. The number of carbonyl (C=O) groups is 1. The first-order valence-electron chi connectivity index (χ1n) is 6.76. The quantitative estimate of drug-likeness (QED) is 0.846. The van der Waals surface area contributed by atoms with E-state index in [4.69, 9.17) is 5.73 Å². The number of hydrogen-bond acceptors (Lipinski definition) is 3. The highest BCUT2D eigenvalue weighted by atomic mass is 16.2. The first kappa shape index (κ1) is 13.8. The third-order valence-electron chi connectivity index (χ3n) is 3.95. The highest BCUT2D eigenvalue weighted by molar-refractivity contribution is 5.94. The minimum absolute atomic E-state index is 0.182. The number of aryl methyl sites for hydroxylation is 1. The Morgan fingerprint density at radius 3 is 2.68 bits per heavy atom. The fraction of sp³-hybridized carbons (Fsp3) is 0.571. The molecule has 1 amide bonds. The van der Waals surface area contributed by atoms with E-state index in [9.17, 15) is 9.59 Å². The van der Waals surface area contributed by atoms with Gasteiger partial charge >= 0.3 is 0 Å². The molecule has 0 saturated heterocycles. The zero-order chi connectivity index (χ0) is 13.9. The fourth-order valence-corrected chi connectivity index (χ4v) is 2.61. The average molecular weight is 263 g/mol. The van der Waals surface area contributed by atoms with Gasteiger partial charge in [-0.25, -0.2) is 0 Å². The lowest BCUT2D eigenvalue weighted by Gasteiger charge is -2.37. The molecule has 1 fully saturated rings. The molecular formula is C14H21N3O2. The topological polar surface area (TPSA) is 77.1 Å². The van der Waals surface area contributed by atoms with E-state index in [0.29, 0.717) is 12.1 Å². The molecule has 0 bridgehead atoms. The minimum Gasteiger partial charge on any atom is -0.345 e. The van der Waals surface area contributed by atoms with Crippen LogP contribution < -0.4 is 16.6 Å². The summed E-state index contributed by atoms with van der Waals surface area (Å²) in [6, 6.07) is 3.02. The van der Waals surface area contributed by atoms with Crippen LogP contribution in [0, 0.1) is 0 Å². The van der Waals surface area contributed by atoms with Crippen molar-refractivity contribution in [3.05, 3.63) is 34.2 Å². The van der Waals surface area contributed by atoms with Gasteiger partial charge in [-0.2, -0.15) is 0 Å². The summed E-state index contributed by atoms with van der Waals surface area (Å²) in [7, 11) is 1.66. The van der Waals surface area contributed by atoms with E-state index in [0.717, 1.165) is 25.7 Å². The van der Waals surface area contributed by atoms with E-state index in [-0.39, 0.29) is 17.0 Å². The molecule has 0 radical (unpaired) electrons. The van der Waals surface area contributed by atoms with Gasteiger partial charge in [0.1, 0.15) is 0 Å². The SMILES string of the molecule is Cn1ccc(C(=O)NC2(CN)CCCCC2)cc1=O. The molecule has 1 aliphatic rings. The Bertz CT molecular complexity index is 516. The van der Waals surface area contributed by atoms with Gasteiger partial charge in [-0.3, -0.25) is 9.59 Å². The number of nitrogens with one attached hydrogen (secondary N) is 1. The second-order valence-corrected chi connectivity index (χ2v) is 5.36. The van der Waals surface area contributed by atoms with Gasteiger partial charge in [0.25, 0.3) is 11.5 Å². The molecule has 3 N–H and O–H groups in total. The number of nitrogens with zero attached hydrogens (tertiary/aromatic N) is 1. The van der Waals surface area contributed by atoms with Crippen molar-refractivity contribution in [2.75, 3.05) is 6.54 Å². The van der Waals surface area contributed by atoms with Crippen LogP contribution in [-0.2, 0) is 7.05 Å². The number of amides is 1. The van der Waals surface area contributed by atoms with Crippen LogP contribution in [-0.4, -0.2) is 22.6 Å². The van der Waals surface area contributed by atoms with E-state index in [2.05, 4.69) is 5.32 Å². The van der Waals surface area contributed by atoms with E-state index in [1.165, 1.54) is 17.1 Å². The molecule has 1 heterocycles. The van der Waals surface area contributed by atoms with E-state index < -0.39 is 0 Å². The molecule has 104 valence electrons. The highest BCUT2D eigenvalue weighted by Crippen LogP contribution is 2.27. The first-order chi connectivity index (χ1) is 9.06. The summed E-state index contributed by atoms with van der Waals surface area (Å²) in [5, 5.41) is 3.03. The lowest BCUT2D eigenvalue weighted by Crippen LogP contribution is -2.54. The number of aromatic nitrogens is 1. The fourth-order valence-electron chi connectivity index (χ4n) is 2.61. The third kappa shape index (κ3) is 3.04. The van der Waals surface area contributed by atoms with Crippen LogP contribution in [0.3, 0.4) is 0 Å². The highest BCUT2D eigenvalue weighted by Gasteiger charge is 2.32. The van der Waals surface area contributed by atoms with E-state index in [1.807, 2.05) is 0 Å². The van der Waals surface area contributed by atoms with Crippen LogP contribution in [0.2, 0.25) is 0 Å². The lowest BCUT2D eigenvalue weighted by molar-refractivity contribution is 0.0874. The summed E-state index contributed by atoms with van der Waals surface area (Å²) in [5.41, 5.74) is 5.76. The normalized spacial score (nSPS) is 18.0. The van der Waals surface area contributed by atoms with E-state index in [1.54, 1.807) is 19.3 Å². The Kier molecular flexibility index (Phi) is 4.04. The zero-order valence-corrected chi connectivity index (χ0v) is 11.3. The molecule has 1 saturated carbocycles. The standard InChI is InChI=1S/C14H21N3O2/c1-17-8-5-11(9-12(17)18)13(19)16-14(10-15)6-3-2-4-7-14/h5,8-9H,2-4,6-7,10,15H2,1H3,(H,16,19). The molecule has 1 aliphatic carbocycles. The predicted octanol–water partition coefficient (Wildman–Crippen LogP) is 0.777. The predicted molar refractivity (Wildman–Crippen MR) is 74.0 cm³/mol. The van der Waals surface area contributed by atoms with Crippen molar-refractivity contribution in [1.82, 2.24) is 9.88 Å². The number of pyridine rings is 1. The number of rotatable bonds is 3. The van der Waals surface area contributed by atoms with Gasteiger partial charge in [0.05, 0.1) is 5.54 Å². The van der Waals surface area contributed by atoms with Gasteiger partial charge in [-0.1, -0.05) is 19.3 Å². The molecule has 0 spiro atoms. The van der Waals surface area contributed by atoms with Crippen molar-refractivity contribution in [3.8, 4) is 0 Å². The van der Waals surface area contributed by atoms with Crippen LogP contribution in [0.25, 0.3) is 0 Å². The van der Waals surface area contributed by atoms with Crippen molar-refractivity contribution >= 4 is 5.91 Å². The van der Waals surface area contributed by atoms with Gasteiger partial charge < -0.3 is 15.6 Å². The minimum atomic E-state index is -0.295. The summed E-state index contributed by atoms with van der Waals surface area (Å²) >= 11 is 0. The smallest absolute Gasteiger partial charge is 0.252 e. The molecule has 5 heteroatoms. The van der Waals surface area contributed by atoms with Crippen molar-refractivity contribution in [2.24, 2.45) is 12.8 Å². The summed E-state index contributed by atoms with van der Waals surface area (Å²) in [6.07, 6.45) is 6.82. The lowest BCUT2D eigenvalue weighted by atomic mass is 9.81. The maximum absolute atomic E-state index is 12.2. The Hall–Kier alpha value is -1.62. The number of nitrogens with two attached hydrogens (primary N) is 1. The molecule has 19 heavy (non-hydrogen) atoms. The maximum atomic E-state index is 12.2. The second kappa shape index (κ2) is 5.57. The van der Waals surface area contributed by atoms with Crippen LogP contribution >= 0.6 is 0 Å². The summed E-state index contributed by atoms with van der Waals surface area (Å²) < 4.78 is 1.44. The molecule has 2 rings (SSSR count). The summed E-state index contributed by atoms with van der Waals surface area (Å²) in [6.45, 7) is 0.448. The Labute approximate surface area is 112 Å². The number of hydrogen-bond donors (Lipinski definition) is 2. The zero-order valence-electron chi connectivity index (χ0n) is 11.3. The van der Waals surface area contributed by atoms with Gasteiger partial charge in [-0.05, 0) is 18.9 Å². The molecule has 0 atom stereocenters. The molecule has 5 nitrogen and oxygen atoms in total. The van der Waals surface area contributed by atoms with E-state index >= 15 is 0 Å². The first-order valence-corrected chi connectivity index (χ1v) is 6.76. The van der Waals surface area contributed by atoms with Gasteiger partial charge in [0.15, 0.2) is 0 Å². The van der Waals surface area contributed by atoms with Gasteiger partial charge in [0.2, 0.25) is 0 Å². The van der Waals surface area contributed by atoms with Crippen molar-refractivity contribution < 1.29 is 4.79 Å². The Morgan fingerprint density at radius 1 is 1.42 bits per heavy atom. The van der Waals surface area contributed by atoms with Crippen LogP contribution in [0.5, 0.6) is 0 Å². The molecular weight excluding hydrogens is 242 g/mol. The summed E-state index contributed by atoms with van der Waals surface area (Å²) in [4.78, 5) is 23.8. The monoisotopic (exact) mass is 263 g/mol. The van der Waals surface area contributed by atoms with Crippen LogP contribution in [0.1, 0.15) is 42.5 Å². The number of carbonyl (C=O) groups excluding carboxylic acids is 1. The van der Waals surface area contributed by atoms with Gasteiger partial charge in [0, 0.05) is 31.4 Å². The van der Waals surface area contributed by atoms with Crippen molar-refractivity contribution in [3.63, 3.8) is 0 Å². The Morgan fingerprint density at radius 2 is 2.11 bits per heavy atom. The molecule has 0 unspecified atom stereocenters. The maximum Gasteiger partial charge on any atom is 0.252 e. The van der Waals surface area contributed by atoms with Crippen LogP contribution in [0.4, 0.5) is 0 Å². The molecule has 0 aromatic carbocycles. The van der Waals surface area contributed by atoms with Crippen molar-refractivity contribution in [2.45, 2.75) is 37.6 Å². The van der Waals surface area contributed by atoms with Crippen LogP contribution in [0.15, 0.2) is 23.1 Å². The van der Waals surface area contributed by atoms with Crippen molar-refractivity contribution in [1.29, 1.82) is 0 Å². The summed E-state index contributed by atoms with van der Waals surface area (Å²) in [5.74, 6) is -0.204. The third-order valence-corrected chi connectivity index (χ3v) is 3.95. The largest absolute Gasteiger partial charge is 0.345 e. The average Bonchev–Trinajstić information content (AvgIpc) is 2.43. The molecule has 1 aromatic heterocycles. The molecule has 1 aromatic rings. The second-order valence-electron chi connectivity index (χ2n) is 5.36. The Balaban J connectivity index is 2.15.